The molecule has 0 unspecified atom stereocenters. The molecule has 1 fully saturated rings. The van der Waals surface area contributed by atoms with Crippen LogP contribution in [0.2, 0.25) is 0 Å². The molecule has 2 nitrogen and oxygen atoms in total. The Labute approximate surface area is 172 Å². The first-order valence-corrected chi connectivity index (χ1v) is 10.7. The normalized spacial score (nSPS) is 20.2. The number of benzene rings is 2. The van der Waals surface area contributed by atoms with E-state index in [4.69, 9.17) is 4.74 Å². The minimum atomic E-state index is 0.0979. The van der Waals surface area contributed by atoms with Gasteiger partial charge in [-0.05, 0) is 68.0 Å². The zero-order valence-electron chi connectivity index (χ0n) is 15.2. The van der Waals surface area contributed by atoms with Gasteiger partial charge in [-0.1, -0.05) is 56.0 Å². The molecular formula is C22H24Br2O2. The molecule has 0 spiro atoms. The summed E-state index contributed by atoms with van der Waals surface area (Å²) in [5, 5.41) is 0. The molecule has 138 valence electrons. The van der Waals surface area contributed by atoms with E-state index in [1.165, 1.54) is 11.1 Å². The van der Waals surface area contributed by atoms with Crippen LogP contribution in [0.5, 0.6) is 5.75 Å². The number of ether oxygens (including phenoxy) is 1. The molecule has 0 N–H and O–H groups in total. The molecule has 0 heterocycles. The summed E-state index contributed by atoms with van der Waals surface area (Å²) in [6.07, 6.45) is 4.70. The molecule has 2 aromatic rings. The Kier molecular flexibility index (Phi) is 6.57. The Morgan fingerprint density at radius 2 is 1.54 bits per heavy atom. The van der Waals surface area contributed by atoms with Crippen LogP contribution in [-0.2, 0) is 17.6 Å². The number of ketones is 1. The zero-order valence-corrected chi connectivity index (χ0v) is 18.4. The number of halogens is 2. The van der Waals surface area contributed by atoms with Gasteiger partial charge in [0, 0.05) is 20.8 Å². The topological polar surface area (TPSA) is 26.3 Å². The molecule has 1 saturated carbocycles. The summed E-state index contributed by atoms with van der Waals surface area (Å²) in [5.74, 6) is 1.48. The number of carbonyl (C=O) groups is 1. The van der Waals surface area contributed by atoms with E-state index in [1.54, 1.807) is 7.11 Å². The van der Waals surface area contributed by atoms with Gasteiger partial charge in [0.05, 0.1) is 7.11 Å². The third-order valence-corrected chi connectivity index (χ3v) is 6.84. The highest BCUT2D eigenvalue weighted by atomic mass is 79.9. The molecule has 0 radical (unpaired) electrons. The SMILES string of the molecule is COc1ccc(Br)c(C[C@@H]2CCC[C@@H](Cc3cc(C)ccc3Br)C2=O)c1. The predicted octanol–water partition coefficient (Wildman–Crippen LogP) is 6.30. The average Bonchev–Trinajstić information content (AvgIpc) is 2.63. The van der Waals surface area contributed by atoms with Gasteiger partial charge in [-0.25, -0.2) is 0 Å². The maximum absolute atomic E-state index is 13.1. The van der Waals surface area contributed by atoms with E-state index in [1.807, 2.05) is 18.2 Å². The van der Waals surface area contributed by atoms with Crippen molar-refractivity contribution in [2.75, 3.05) is 7.11 Å². The lowest BCUT2D eigenvalue weighted by molar-refractivity contribution is -0.129. The highest BCUT2D eigenvalue weighted by molar-refractivity contribution is 9.10. The smallest absolute Gasteiger partial charge is 0.139 e. The molecule has 2 atom stereocenters. The number of methoxy groups -OCH3 is 1. The monoisotopic (exact) mass is 478 g/mol. The van der Waals surface area contributed by atoms with Gasteiger partial charge in [0.15, 0.2) is 0 Å². The summed E-state index contributed by atoms with van der Waals surface area (Å²) in [7, 11) is 1.68. The maximum atomic E-state index is 13.1. The molecule has 0 saturated heterocycles. The van der Waals surface area contributed by atoms with Crippen molar-refractivity contribution in [3.8, 4) is 5.75 Å². The van der Waals surface area contributed by atoms with Crippen LogP contribution < -0.4 is 4.74 Å². The van der Waals surface area contributed by atoms with Crippen molar-refractivity contribution in [2.24, 2.45) is 11.8 Å². The fraction of sp³-hybridized carbons (Fsp3) is 0.409. The van der Waals surface area contributed by atoms with Crippen molar-refractivity contribution < 1.29 is 9.53 Å². The second-order valence-electron chi connectivity index (χ2n) is 7.19. The van der Waals surface area contributed by atoms with Crippen LogP contribution in [0.4, 0.5) is 0 Å². The van der Waals surface area contributed by atoms with E-state index < -0.39 is 0 Å². The maximum Gasteiger partial charge on any atom is 0.139 e. The van der Waals surface area contributed by atoms with Gasteiger partial charge in [-0.2, -0.15) is 0 Å². The van der Waals surface area contributed by atoms with Gasteiger partial charge < -0.3 is 4.74 Å². The third kappa shape index (κ3) is 4.58. The Balaban J connectivity index is 1.74. The molecule has 0 bridgehead atoms. The van der Waals surface area contributed by atoms with Gasteiger partial charge in [0.25, 0.3) is 0 Å². The van der Waals surface area contributed by atoms with E-state index in [9.17, 15) is 4.79 Å². The Morgan fingerprint density at radius 3 is 2.15 bits per heavy atom. The van der Waals surface area contributed by atoms with Gasteiger partial charge in [0.1, 0.15) is 11.5 Å². The van der Waals surface area contributed by atoms with E-state index in [0.29, 0.717) is 5.78 Å². The highest BCUT2D eigenvalue weighted by Gasteiger charge is 2.32. The van der Waals surface area contributed by atoms with Crippen molar-refractivity contribution in [3.05, 3.63) is 62.0 Å². The lowest BCUT2D eigenvalue weighted by Gasteiger charge is -2.28. The summed E-state index contributed by atoms with van der Waals surface area (Å²) in [4.78, 5) is 13.1. The third-order valence-electron chi connectivity index (χ3n) is 5.30. The second kappa shape index (κ2) is 8.71. The van der Waals surface area contributed by atoms with Gasteiger partial charge >= 0.3 is 0 Å². The first-order valence-electron chi connectivity index (χ1n) is 9.09. The largest absolute Gasteiger partial charge is 0.497 e. The molecule has 0 amide bonds. The molecule has 2 aromatic carbocycles. The number of Topliss-reactive ketones (excluding diaryl/α,β-unsaturated/α-hetero) is 1. The van der Waals surface area contributed by atoms with Gasteiger partial charge in [-0.3, -0.25) is 4.79 Å². The second-order valence-corrected chi connectivity index (χ2v) is 8.90. The van der Waals surface area contributed by atoms with Gasteiger partial charge in [-0.15, -0.1) is 0 Å². The predicted molar refractivity (Wildman–Crippen MR) is 113 cm³/mol. The molecule has 26 heavy (non-hydrogen) atoms. The molecule has 1 aliphatic rings. The Bertz CT molecular complexity index is 801. The van der Waals surface area contributed by atoms with Crippen molar-refractivity contribution in [1.29, 1.82) is 0 Å². The molecule has 0 aromatic heterocycles. The summed E-state index contributed by atoms with van der Waals surface area (Å²) < 4.78 is 7.50. The number of carbonyl (C=O) groups excluding carboxylic acids is 1. The van der Waals surface area contributed by atoms with Crippen LogP contribution in [0.25, 0.3) is 0 Å². The standard InChI is InChI=1S/C22H24Br2O2/c1-14-6-8-20(23)17(10-14)11-15-4-3-5-16(22(15)25)12-18-13-19(26-2)7-9-21(18)24/h6-10,13,15-16H,3-5,11-12H2,1-2H3/t15-,16-/m0/s1. The van der Waals surface area contributed by atoms with E-state index in [-0.39, 0.29) is 11.8 Å². The summed E-state index contributed by atoms with van der Waals surface area (Å²) in [6, 6.07) is 12.4. The highest BCUT2D eigenvalue weighted by Crippen LogP contribution is 2.34. The number of aryl methyl sites for hydroxylation is 1. The number of hydrogen-bond acceptors (Lipinski definition) is 2. The summed E-state index contributed by atoms with van der Waals surface area (Å²) in [5.41, 5.74) is 3.63. The first-order chi connectivity index (χ1) is 12.5. The first kappa shape index (κ1) is 19.6. The zero-order chi connectivity index (χ0) is 18.7. The number of rotatable bonds is 5. The van der Waals surface area contributed by atoms with Crippen LogP contribution in [0.1, 0.15) is 36.0 Å². The quantitative estimate of drug-likeness (QED) is 0.502. The van der Waals surface area contributed by atoms with Crippen molar-refractivity contribution in [1.82, 2.24) is 0 Å². The van der Waals surface area contributed by atoms with Crippen LogP contribution in [0, 0.1) is 18.8 Å². The lowest BCUT2D eigenvalue weighted by atomic mass is 9.75. The minimum absolute atomic E-state index is 0.0979. The molecule has 0 aliphatic heterocycles. The molecule has 1 aliphatic carbocycles. The van der Waals surface area contributed by atoms with Crippen LogP contribution in [-0.4, -0.2) is 12.9 Å². The average molecular weight is 480 g/mol. The molecular weight excluding hydrogens is 456 g/mol. The van der Waals surface area contributed by atoms with Crippen molar-refractivity contribution in [2.45, 2.75) is 39.0 Å². The fourth-order valence-corrected chi connectivity index (χ4v) is 4.68. The van der Waals surface area contributed by atoms with E-state index in [2.05, 4.69) is 57.0 Å². The summed E-state index contributed by atoms with van der Waals surface area (Å²) in [6.45, 7) is 2.10. The number of hydrogen-bond donors (Lipinski definition) is 0. The van der Waals surface area contributed by atoms with Crippen LogP contribution in [0.3, 0.4) is 0 Å². The summed E-state index contributed by atoms with van der Waals surface area (Å²) >= 11 is 7.26. The van der Waals surface area contributed by atoms with Crippen molar-refractivity contribution >= 4 is 37.6 Å². The molecule has 4 heteroatoms. The van der Waals surface area contributed by atoms with Crippen molar-refractivity contribution in [3.63, 3.8) is 0 Å². The van der Waals surface area contributed by atoms with E-state index >= 15 is 0 Å². The molecule has 3 rings (SSSR count). The van der Waals surface area contributed by atoms with Crippen LogP contribution in [0.15, 0.2) is 45.3 Å². The fourth-order valence-electron chi connectivity index (χ4n) is 3.86. The Hall–Kier alpha value is -1.13. The van der Waals surface area contributed by atoms with Gasteiger partial charge in [0.2, 0.25) is 0 Å². The van der Waals surface area contributed by atoms with Crippen LogP contribution >= 0.6 is 31.9 Å². The van der Waals surface area contributed by atoms with E-state index in [0.717, 1.165) is 52.4 Å². The Morgan fingerprint density at radius 1 is 0.962 bits per heavy atom. The lowest BCUT2D eigenvalue weighted by Crippen LogP contribution is -2.31. The minimum Gasteiger partial charge on any atom is -0.497 e.